The van der Waals surface area contributed by atoms with E-state index >= 15 is 0 Å². The van der Waals surface area contributed by atoms with Crippen LogP contribution < -0.4 is 10.6 Å². The lowest BCUT2D eigenvalue weighted by molar-refractivity contribution is 0.418. The molecule has 0 fully saturated rings. The summed E-state index contributed by atoms with van der Waals surface area (Å²) in [4.78, 5) is 4.00. The first kappa shape index (κ1) is 13.8. The molecule has 0 aromatic carbocycles. The summed E-state index contributed by atoms with van der Waals surface area (Å²) in [6.45, 7) is 6.56. The molecule has 0 saturated carbocycles. The van der Waals surface area contributed by atoms with E-state index in [0.29, 0.717) is 17.1 Å². The lowest BCUT2D eigenvalue weighted by Crippen LogP contribution is -2.35. The average Bonchev–Trinajstić information content (AvgIpc) is 2.82. The van der Waals surface area contributed by atoms with Crippen molar-refractivity contribution in [2.24, 2.45) is 0 Å². The zero-order chi connectivity index (χ0) is 13.9. The Balaban J connectivity index is 2.13. The van der Waals surface area contributed by atoms with Gasteiger partial charge in [-0.15, -0.1) is 5.10 Å². The van der Waals surface area contributed by atoms with Gasteiger partial charge in [-0.3, -0.25) is 0 Å². The molecular formula is C12H16FN5S. The van der Waals surface area contributed by atoms with Gasteiger partial charge in [0.25, 0.3) is 0 Å². The van der Waals surface area contributed by atoms with Crippen LogP contribution in [-0.2, 0) is 6.54 Å². The summed E-state index contributed by atoms with van der Waals surface area (Å²) in [5, 5.41) is 10.5. The molecule has 0 spiro atoms. The number of halogens is 1. The van der Waals surface area contributed by atoms with Crippen molar-refractivity contribution < 1.29 is 4.39 Å². The van der Waals surface area contributed by atoms with Gasteiger partial charge in [-0.05, 0) is 26.8 Å². The molecule has 0 saturated heterocycles. The van der Waals surface area contributed by atoms with Crippen molar-refractivity contribution in [2.45, 2.75) is 32.9 Å². The number of hydrogen-bond acceptors (Lipinski definition) is 6. The number of hydrogen-bond donors (Lipinski definition) is 2. The van der Waals surface area contributed by atoms with Crippen LogP contribution in [0.1, 0.15) is 26.3 Å². The third kappa shape index (κ3) is 3.93. The minimum atomic E-state index is -0.354. The van der Waals surface area contributed by atoms with Crippen molar-refractivity contribution in [1.82, 2.24) is 19.9 Å². The molecule has 19 heavy (non-hydrogen) atoms. The lowest BCUT2D eigenvalue weighted by atomic mass is 10.1. The molecule has 2 heterocycles. The summed E-state index contributed by atoms with van der Waals surface area (Å²) in [7, 11) is 0. The largest absolute Gasteiger partial charge is 0.327 e. The van der Waals surface area contributed by atoms with Gasteiger partial charge in [0.2, 0.25) is 0 Å². The summed E-state index contributed by atoms with van der Waals surface area (Å²) < 4.78 is 17.9. The average molecular weight is 281 g/mol. The maximum atomic E-state index is 14.2. The minimum absolute atomic E-state index is 0.0646. The molecule has 0 radical (unpaired) electrons. The maximum Gasteiger partial charge on any atom is 0.170 e. The highest BCUT2D eigenvalue weighted by Crippen LogP contribution is 2.21. The Morgan fingerprint density at radius 3 is 2.79 bits per heavy atom. The number of aromatic nitrogens is 3. The molecule has 0 amide bonds. The van der Waals surface area contributed by atoms with Gasteiger partial charge >= 0.3 is 0 Å². The monoisotopic (exact) mass is 281 g/mol. The first-order valence-corrected chi connectivity index (χ1v) is 6.66. The van der Waals surface area contributed by atoms with E-state index in [0.717, 1.165) is 11.5 Å². The summed E-state index contributed by atoms with van der Waals surface area (Å²) in [5.74, 6) is -0.160. The molecule has 0 unspecified atom stereocenters. The van der Waals surface area contributed by atoms with Crippen molar-refractivity contribution >= 4 is 22.4 Å². The molecule has 0 aliphatic rings. The third-order valence-electron chi connectivity index (χ3n) is 2.38. The molecule has 0 bridgehead atoms. The van der Waals surface area contributed by atoms with E-state index in [-0.39, 0.29) is 17.2 Å². The molecule has 2 aromatic rings. The van der Waals surface area contributed by atoms with Crippen LogP contribution in [0.4, 0.5) is 15.2 Å². The van der Waals surface area contributed by atoms with Gasteiger partial charge in [-0.1, -0.05) is 4.49 Å². The second kappa shape index (κ2) is 5.58. The Kier molecular flexibility index (Phi) is 4.06. The fourth-order valence-corrected chi connectivity index (χ4v) is 1.83. The summed E-state index contributed by atoms with van der Waals surface area (Å²) in [6, 6.07) is 1.67. The second-order valence-electron chi connectivity index (χ2n) is 5.14. The zero-order valence-electron chi connectivity index (χ0n) is 11.1. The highest BCUT2D eigenvalue weighted by Gasteiger charge is 2.14. The highest BCUT2D eigenvalue weighted by atomic mass is 32.1. The molecule has 2 rings (SSSR count). The van der Waals surface area contributed by atoms with E-state index in [2.05, 4.69) is 25.2 Å². The molecule has 2 aromatic heterocycles. The molecule has 102 valence electrons. The van der Waals surface area contributed by atoms with Crippen molar-refractivity contribution in [3.05, 3.63) is 29.8 Å². The predicted molar refractivity (Wildman–Crippen MR) is 74.0 cm³/mol. The Bertz CT molecular complexity index is 536. The summed E-state index contributed by atoms with van der Waals surface area (Å²) >= 11 is 1.16. The molecule has 2 N–H and O–H groups in total. The number of nitrogens with zero attached hydrogens (tertiary/aromatic N) is 3. The molecule has 7 heteroatoms. The Labute approximate surface area is 115 Å². The van der Waals surface area contributed by atoms with E-state index in [1.165, 1.54) is 6.20 Å². The fraction of sp³-hybridized carbons (Fsp3) is 0.417. The fourth-order valence-electron chi connectivity index (χ4n) is 1.41. The van der Waals surface area contributed by atoms with Crippen LogP contribution in [0.2, 0.25) is 0 Å². The SMILES string of the molecule is CC(C)(C)NCc1ccnc(Nc2cnns2)c1F. The lowest BCUT2D eigenvalue weighted by Gasteiger charge is -2.21. The second-order valence-corrected chi connectivity index (χ2v) is 5.93. The molecule has 0 atom stereocenters. The Hall–Kier alpha value is -1.60. The van der Waals surface area contributed by atoms with Gasteiger partial charge in [-0.25, -0.2) is 9.37 Å². The maximum absolute atomic E-state index is 14.2. The number of rotatable bonds is 4. The Morgan fingerprint density at radius 2 is 2.16 bits per heavy atom. The zero-order valence-corrected chi connectivity index (χ0v) is 11.9. The van der Waals surface area contributed by atoms with Crippen molar-refractivity contribution in [1.29, 1.82) is 0 Å². The number of pyridine rings is 1. The van der Waals surface area contributed by atoms with Crippen LogP contribution in [-0.4, -0.2) is 20.1 Å². The van der Waals surface area contributed by atoms with E-state index in [1.807, 2.05) is 20.8 Å². The van der Waals surface area contributed by atoms with Crippen molar-refractivity contribution in [3.8, 4) is 0 Å². The normalized spacial score (nSPS) is 11.6. The van der Waals surface area contributed by atoms with Gasteiger partial charge in [0.15, 0.2) is 11.6 Å². The van der Waals surface area contributed by atoms with Crippen LogP contribution in [0, 0.1) is 5.82 Å². The van der Waals surface area contributed by atoms with Crippen LogP contribution in [0.25, 0.3) is 0 Å². The van der Waals surface area contributed by atoms with Crippen LogP contribution in [0.15, 0.2) is 18.5 Å². The van der Waals surface area contributed by atoms with Crippen LogP contribution >= 0.6 is 11.5 Å². The first-order valence-electron chi connectivity index (χ1n) is 5.88. The van der Waals surface area contributed by atoms with Crippen molar-refractivity contribution in [2.75, 3.05) is 5.32 Å². The van der Waals surface area contributed by atoms with Crippen LogP contribution in [0.3, 0.4) is 0 Å². The smallest absolute Gasteiger partial charge is 0.170 e. The standard InChI is InChI=1S/C12H16FN5S/c1-12(2,3)15-6-8-4-5-14-11(10(8)13)17-9-7-16-18-19-9/h4-5,7,15H,6H2,1-3H3,(H,14,17). The molecule has 5 nitrogen and oxygen atoms in total. The van der Waals surface area contributed by atoms with E-state index in [1.54, 1.807) is 12.3 Å². The van der Waals surface area contributed by atoms with Gasteiger partial charge in [0.1, 0.15) is 5.00 Å². The van der Waals surface area contributed by atoms with E-state index < -0.39 is 0 Å². The quantitative estimate of drug-likeness (QED) is 0.902. The van der Waals surface area contributed by atoms with E-state index in [4.69, 9.17) is 0 Å². The Morgan fingerprint density at radius 1 is 1.37 bits per heavy atom. The number of anilines is 2. The molecular weight excluding hydrogens is 265 g/mol. The van der Waals surface area contributed by atoms with Crippen molar-refractivity contribution in [3.63, 3.8) is 0 Å². The van der Waals surface area contributed by atoms with E-state index in [9.17, 15) is 4.39 Å². The molecule has 0 aliphatic heterocycles. The summed E-state index contributed by atoms with van der Waals surface area (Å²) in [5.41, 5.74) is 0.509. The third-order valence-corrected chi connectivity index (χ3v) is 2.96. The number of nitrogens with one attached hydrogen (secondary N) is 2. The minimum Gasteiger partial charge on any atom is -0.327 e. The highest BCUT2D eigenvalue weighted by molar-refractivity contribution is 7.09. The van der Waals surface area contributed by atoms with Gasteiger partial charge in [-0.2, -0.15) is 0 Å². The first-order chi connectivity index (χ1) is 8.96. The van der Waals surface area contributed by atoms with Gasteiger partial charge in [0.05, 0.1) is 6.20 Å². The topological polar surface area (TPSA) is 62.7 Å². The predicted octanol–water partition coefficient (Wildman–Crippen LogP) is 2.70. The summed E-state index contributed by atoms with van der Waals surface area (Å²) in [6.07, 6.45) is 3.12. The molecule has 0 aliphatic carbocycles. The van der Waals surface area contributed by atoms with Crippen LogP contribution in [0.5, 0.6) is 0 Å². The van der Waals surface area contributed by atoms with Gasteiger partial charge < -0.3 is 10.6 Å². The van der Waals surface area contributed by atoms with Gasteiger partial charge in [0, 0.05) is 35.4 Å².